The molecule has 0 radical (unpaired) electrons. The van der Waals surface area contributed by atoms with E-state index in [9.17, 15) is 10.0 Å². The summed E-state index contributed by atoms with van der Waals surface area (Å²) >= 11 is 0. The number of hydrogen-bond donors (Lipinski definition) is 1. The minimum Gasteiger partial charge on any atom is -0.619 e. The summed E-state index contributed by atoms with van der Waals surface area (Å²) < 4.78 is 0.781. The van der Waals surface area contributed by atoms with Crippen LogP contribution in [0.5, 0.6) is 0 Å². The molecule has 1 aromatic rings. The molecule has 0 aromatic carbocycles. The lowest BCUT2D eigenvalue weighted by molar-refractivity contribution is -0.605. The first-order valence-electron chi connectivity index (χ1n) is 6.49. The van der Waals surface area contributed by atoms with Gasteiger partial charge in [0.05, 0.1) is 5.92 Å². The molecule has 1 saturated carbocycles. The molecule has 0 bridgehead atoms. The van der Waals surface area contributed by atoms with Crippen LogP contribution in [0.2, 0.25) is 0 Å². The van der Waals surface area contributed by atoms with E-state index in [4.69, 9.17) is 5.11 Å². The fourth-order valence-electron chi connectivity index (χ4n) is 2.88. The van der Waals surface area contributed by atoms with Crippen molar-refractivity contribution in [3.63, 3.8) is 0 Å². The SMILES string of the molecule is CC(C(=O)O)C1CCC[C@@H](c2cc[n+]([O-])cc2)C1. The van der Waals surface area contributed by atoms with Crippen molar-refractivity contribution >= 4 is 5.97 Å². The fraction of sp³-hybridized carbons (Fsp3) is 0.571. The third kappa shape index (κ3) is 2.81. The molecule has 1 aliphatic carbocycles. The summed E-state index contributed by atoms with van der Waals surface area (Å²) in [7, 11) is 0. The number of nitrogens with zero attached hydrogens (tertiary/aromatic N) is 1. The lowest BCUT2D eigenvalue weighted by Crippen LogP contribution is -2.27. The largest absolute Gasteiger partial charge is 0.619 e. The van der Waals surface area contributed by atoms with Gasteiger partial charge in [-0.15, -0.1) is 0 Å². The number of carbonyl (C=O) groups is 1. The normalized spacial score (nSPS) is 25.6. The molecule has 3 atom stereocenters. The maximum atomic E-state index is 11.0. The van der Waals surface area contributed by atoms with Gasteiger partial charge in [-0.2, -0.15) is 4.73 Å². The summed E-state index contributed by atoms with van der Waals surface area (Å²) in [6.07, 6.45) is 7.10. The number of aromatic nitrogens is 1. The molecule has 4 nitrogen and oxygen atoms in total. The Balaban J connectivity index is 2.06. The van der Waals surface area contributed by atoms with Crippen molar-refractivity contribution < 1.29 is 14.6 Å². The van der Waals surface area contributed by atoms with Gasteiger partial charge in [0.2, 0.25) is 0 Å². The summed E-state index contributed by atoms with van der Waals surface area (Å²) in [5.41, 5.74) is 1.16. The van der Waals surface area contributed by atoms with Gasteiger partial charge in [0, 0.05) is 12.1 Å². The highest BCUT2D eigenvalue weighted by Gasteiger charge is 2.30. The monoisotopic (exact) mass is 249 g/mol. The van der Waals surface area contributed by atoms with E-state index < -0.39 is 5.97 Å². The van der Waals surface area contributed by atoms with Crippen LogP contribution in [0.15, 0.2) is 24.5 Å². The lowest BCUT2D eigenvalue weighted by Gasteiger charge is -2.31. The van der Waals surface area contributed by atoms with Gasteiger partial charge in [0.25, 0.3) is 0 Å². The van der Waals surface area contributed by atoms with Crippen molar-refractivity contribution in [1.29, 1.82) is 0 Å². The Labute approximate surface area is 107 Å². The van der Waals surface area contributed by atoms with Crippen LogP contribution in [0.25, 0.3) is 0 Å². The highest BCUT2D eigenvalue weighted by molar-refractivity contribution is 5.69. The number of rotatable bonds is 3. The molecule has 1 heterocycles. The predicted octanol–water partition coefficient (Wildman–Crippen LogP) is 2.31. The summed E-state index contributed by atoms with van der Waals surface area (Å²) in [4.78, 5) is 11.0. The molecule has 4 heteroatoms. The average Bonchev–Trinajstić information content (AvgIpc) is 2.38. The molecule has 1 aromatic heterocycles. The van der Waals surface area contributed by atoms with E-state index in [1.807, 2.05) is 12.1 Å². The molecule has 1 fully saturated rings. The van der Waals surface area contributed by atoms with Crippen molar-refractivity contribution in [3.05, 3.63) is 35.3 Å². The van der Waals surface area contributed by atoms with E-state index in [1.54, 1.807) is 6.92 Å². The highest BCUT2D eigenvalue weighted by Crippen LogP contribution is 2.39. The molecule has 0 spiro atoms. The predicted molar refractivity (Wildman–Crippen MR) is 66.9 cm³/mol. The van der Waals surface area contributed by atoms with E-state index in [2.05, 4.69) is 0 Å². The number of carboxylic acids is 1. The van der Waals surface area contributed by atoms with Crippen LogP contribution in [0, 0.1) is 17.0 Å². The molecule has 1 N–H and O–H groups in total. The fourth-order valence-corrected chi connectivity index (χ4v) is 2.88. The van der Waals surface area contributed by atoms with Gasteiger partial charge >= 0.3 is 5.97 Å². The van der Waals surface area contributed by atoms with Gasteiger partial charge in [-0.25, -0.2) is 0 Å². The Morgan fingerprint density at radius 2 is 2.11 bits per heavy atom. The first-order valence-corrected chi connectivity index (χ1v) is 6.49. The van der Waals surface area contributed by atoms with Crippen molar-refractivity contribution in [3.8, 4) is 0 Å². The second kappa shape index (κ2) is 5.38. The Kier molecular flexibility index (Phi) is 3.84. The first-order chi connectivity index (χ1) is 8.58. The maximum Gasteiger partial charge on any atom is 0.306 e. The molecule has 0 aliphatic heterocycles. The zero-order valence-electron chi connectivity index (χ0n) is 10.6. The first kappa shape index (κ1) is 12.9. The number of pyridine rings is 1. The molecular weight excluding hydrogens is 230 g/mol. The summed E-state index contributed by atoms with van der Waals surface area (Å²) in [6.45, 7) is 1.80. The second-order valence-corrected chi connectivity index (χ2v) is 5.24. The molecule has 2 rings (SSSR count). The maximum absolute atomic E-state index is 11.0. The highest BCUT2D eigenvalue weighted by atomic mass is 16.5. The van der Waals surface area contributed by atoms with E-state index >= 15 is 0 Å². The van der Waals surface area contributed by atoms with Crippen molar-refractivity contribution in [2.75, 3.05) is 0 Å². The van der Waals surface area contributed by atoms with Crippen LogP contribution in [0.4, 0.5) is 0 Å². The third-order valence-corrected chi connectivity index (χ3v) is 4.11. The van der Waals surface area contributed by atoms with E-state index in [1.165, 1.54) is 12.4 Å². The van der Waals surface area contributed by atoms with Crippen LogP contribution in [0.3, 0.4) is 0 Å². The van der Waals surface area contributed by atoms with Crippen LogP contribution < -0.4 is 4.73 Å². The molecule has 2 unspecified atom stereocenters. The van der Waals surface area contributed by atoms with Gasteiger partial charge in [0.1, 0.15) is 0 Å². The van der Waals surface area contributed by atoms with Crippen molar-refractivity contribution in [2.24, 2.45) is 11.8 Å². The van der Waals surface area contributed by atoms with Crippen LogP contribution in [-0.4, -0.2) is 11.1 Å². The molecule has 0 amide bonds. The van der Waals surface area contributed by atoms with Gasteiger partial charge < -0.3 is 10.3 Å². The summed E-state index contributed by atoms with van der Waals surface area (Å²) in [5.74, 6) is -0.334. The quantitative estimate of drug-likeness (QED) is 0.660. The zero-order valence-corrected chi connectivity index (χ0v) is 10.6. The summed E-state index contributed by atoms with van der Waals surface area (Å²) in [5, 5.41) is 20.1. The Morgan fingerprint density at radius 3 is 2.72 bits per heavy atom. The van der Waals surface area contributed by atoms with Crippen LogP contribution in [-0.2, 0) is 4.79 Å². The van der Waals surface area contributed by atoms with Gasteiger partial charge in [-0.1, -0.05) is 13.3 Å². The molecule has 0 saturated heterocycles. The number of aliphatic carboxylic acids is 1. The van der Waals surface area contributed by atoms with Crippen molar-refractivity contribution in [1.82, 2.24) is 0 Å². The Bertz CT molecular complexity index is 416. The van der Waals surface area contributed by atoms with E-state index in [-0.39, 0.29) is 11.8 Å². The minimum atomic E-state index is -0.703. The topological polar surface area (TPSA) is 64.2 Å². The zero-order chi connectivity index (χ0) is 13.1. The summed E-state index contributed by atoms with van der Waals surface area (Å²) in [6, 6.07) is 3.71. The van der Waals surface area contributed by atoms with Crippen LogP contribution in [0.1, 0.15) is 44.1 Å². The van der Waals surface area contributed by atoms with Gasteiger partial charge in [0.15, 0.2) is 12.4 Å². The third-order valence-electron chi connectivity index (χ3n) is 4.11. The van der Waals surface area contributed by atoms with E-state index in [0.29, 0.717) is 5.92 Å². The molecule has 98 valence electrons. The van der Waals surface area contributed by atoms with Crippen LogP contribution >= 0.6 is 0 Å². The van der Waals surface area contributed by atoms with Gasteiger partial charge in [-0.3, -0.25) is 4.79 Å². The number of carboxylic acid groups (broad SMARTS) is 1. The molecule has 18 heavy (non-hydrogen) atoms. The second-order valence-electron chi connectivity index (χ2n) is 5.24. The van der Waals surface area contributed by atoms with Gasteiger partial charge in [-0.05, 0) is 36.7 Å². The van der Waals surface area contributed by atoms with E-state index in [0.717, 1.165) is 36.0 Å². The van der Waals surface area contributed by atoms with Crippen molar-refractivity contribution in [2.45, 2.75) is 38.5 Å². The lowest BCUT2D eigenvalue weighted by atomic mass is 9.73. The smallest absolute Gasteiger partial charge is 0.306 e. The number of hydrogen-bond acceptors (Lipinski definition) is 2. The Hall–Kier alpha value is -1.58. The minimum absolute atomic E-state index is 0.251. The molecular formula is C14H19NO3. The Morgan fingerprint density at radius 1 is 1.44 bits per heavy atom. The average molecular weight is 249 g/mol. The molecule has 1 aliphatic rings. The standard InChI is InChI=1S/C14H19NO3/c1-10(14(16)17)12-3-2-4-13(9-12)11-5-7-15(18)8-6-11/h5-8,10,12-13H,2-4,9H2,1H3,(H,16,17)/t10?,12?,13-/m1/s1.